The van der Waals surface area contributed by atoms with Gasteiger partial charge < -0.3 is 4.90 Å². The number of fused-ring (bicyclic) bond motifs is 1. The van der Waals surface area contributed by atoms with Crippen molar-refractivity contribution in [2.45, 2.75) is 29.4 Å². The van der Waals surface area contributed by atoms with E-state index in [9.17, 15) is 0 Å². The molecule has 0 atom stereocenters. The SMILES string of the molecule is CCN(CC)c1ccc(CSc2ccnc3cc(SC)ccc23)cc1. The molecular weight excluding hydrogens is 344 g/mol. The summed E-state index contributed by atoms with van der Waals surface area (Å²) in [5, 5.41) is 1.24. The van der Waals surface area contributed by atoms with Crippen molar-refractivity contribution in [1.82, 2.24) is 4.98 Å². The van der Waals surface area contributed by atoms with Gasteiger partial charge in [0.05, 0.1) is 5.52 Å². The minimum atomic E-state index is 0.974. The van der Waals surface area contributed by atoms with E-state index in [-0.39, 0.29) is 0 Å². The number of anilines is 1. The highest BCUT2D eigenvalue weighted by Gasteiger charge is 2.06. The number of rotatable bonds is 7. The summed E-state index contributed by atoms with van der Waals surface area (Å²) < 4.78 is 0. The molecule has 0 aliphatic rings. The maximum Gasteiger partial charge on any atom is 0.0724 e. The van der Waals surface area contributed by atoms with Crippen molar-refractivity contribution >= 4 is 40.1 Å². The molecule has 130 valence electrons. The highest BCUT2D eigenvalue weighted by Crippen LogP contribution is 2.31. The third kappa shape index (κ3) is 4.31. The lowest BCUT2D eigenvalue weighted by Gasteiger charge is -2.21. The molecule has 0 bridgehead atoms. The van der Waals surface area contributed by atoms with Crippen LogP contribution in [-0.2, 0) is 5.75 Å². The molecule has 2 nitrogen and oxygen atoms in total. The summed E-state index contributed by atoms with van der Waals surface area (Å²) in [5.74, 6) is 0.974. The van der Waals surface area contributed by atoms with E-state index in [0.717, 1.165) is 24.4 Å². The van der Waals surface area contributed by atoms with Gasteiger partial charge in [0.2, 0.25) is 0 Å². The van der Waals surface area contributed by atoms with Gasteiger partial charge >= 0.3 is 0 Å². The molecule has 3 aromatic rings. The molecule has 4 heteroatoms. The second-order valence-electron chi connectivity index (χ2n) is 5.82. The minimum Gasteiger partial charge on any atom is -0.372 e. The van der Waals surface area contributed by atoms with Gasteiger partial charge in [-0.2, -0.15) is 0 Å². The van der Waals surface area contributed by atoms with E-state index < -0.39 is 0 Å². The molecule has 1 heterocycles. The Labute approximate surface area is 159 Å². The number of aromatic nitrogens is 1. The number of hydrogen-bond donors (Lipinski definition) is 0. The monoisotopic (exact) mass is 368 g/mol. The molecule has 0 radical (unpaired) electrons. The molecule has 0 fully saturated rings. The number of hydrogen-bond acceptors (Lipinski definition) is 4. The molecule has 0 aliphatic heterocycles. The highest BCUT2D eigenvalue weighted by molar-refractivity contribution is 7.99. The van der Waals surface area contributed by atoms with Crippen LogP contribution in [0.4, 0.5) is 5.69 Å². The summed E-state index contributed by atoms with van der Waals surface area (Å²) in [6, 6.07) is 17.6. The van der Waals surface area contributed by atoms with E-state index in [0.29, 0.717) is 0 Å². The number of benzene rings is 2. The molecule has 25 heavy (non-hydrogen) atoms. The average Bonchev–Trinajstić information content (AvgIpc) is 2.67. The summed E-state index contributed by atoms with van der Waals surface area (Å²) in [5.41, 5.74) is 3.73. The normalized spacial score (nSPS) is 11.0. The molecule has 0 aliphatic carbocycles. The molecular formula is C21H24N2S2. The first kappa shape index (κ1) is 18.2. The van der Waals surface area contributed by atoms with Crippen molar-refractivity contribution in [2.75, 3.05) is 24.2 Å². The molecule has 0 N–H and O–H groups in total. The summed E-state index contributed by atoms with van der Waals surface area (Å²) in [6.45, 7) is 6.49. The summed E-state index contributed by atoms with van der Waals surface area (Å²) >= 11 is 3.64. The van der Waals surface area contributed by atoms with Crippen LogP contribution in [0.1, 0.15) is 19.4 Å². The van der Waals surface area contributed by atoms with Gasteiger partial charge in [0.15, 0.2) is 0 Å². The zero-order valence-electron chi connectivity index (χ0n) is 15.0. The molecule has 0 spiro atoms. The fourth-order valence-electron chi connectivity index (χ4n) is 2.91. The van der Waals surface area contributed by atoms with Gasteiger partial charge in [0, 0.05) is 45.9 Å². The standard InChI is InChI=1S/C21H24N2S2/c1-4-23(5-2)17-8-6-16(7-9-17)15-25-21-12-13-22-20-14-18(24-3)10-11-19(20)21/h6-14H,4-5,15H2,1-3H3. The maximum absolute atomic E-state index is 4.52. The van der Waals surface area contributed by atoms with Gasteiger partial charge in [-0.15, -0.1) is 23.5 Å². The molecule has 0 saturated carbocycles. The lowest BCUT2D eigenvalue weighted by Crippen LogP contribution is -2.21. The van der Waals surface area contributed by atoms with E-state index in [1.165, 1.54) is 26.4 Å². The van der Waals surface area contributed by atoms with Gasteiger partial charge in [0.1, 0.15) is 0 Å². The Morgan fingerprint density at radius 2 is 1.72 bits per heavy atom. The van der Waals surface area contributed by atoms with Crippen LogP contribution in [0.25, 0.3) is 10.9 Å². The second kappa shape index (κ2) is 8.63. The number of nitrogens with zero attached hydrogens (tertiary/aromatic N) is 2. The van der Waals surface area contributed by atoms with Gasteiger partial charge in [-0.25, -0.2) is 0 Å². The Balaban J connectivity index is 1.74. The van der Waals surface area contributed by atoms with Crippen molar-refractivity contribution in [2.24, 2.45) is 0 Å². The van der Waals surface area contributed by atoms with Crippen LogP contribution in [0.3, 0.4) is 0 Å². The Morgan fingerprint density at radius 1 is 0.960 bits per heavy atom. The van der Waals surface area contributed by atoms with Crippen LogP contribution in [0.2, 0.25) is 0 Å². The zero-order valence-corrected chi connectivity index (χ0v) is 16.7. The Kier molecular flexibility index (Phi) is 6.27. The smallest absolute Gasteiger partial charge is 0.0724 e. The first-order chi connectivity index (χ1) is 12.2. The summed E-state index contributed by atoms with van der Waals surface area (Å²) in [4.78, 5) is 9.45. The van der Waals surface area contributed by atoms with E-state index >= 15 is 0 Å². The van der Waals surface area contributed by atoms with Crippen LogP contribution in [0, 0.1) is 0 Å². The average molecular weight is 369 g/mol. The zero-order chi connectivity index (χ0) is 17.6. The first-order valence-electron chi connectivity index (χ1n) is 8.64. The van der Waals surface area contributed by atoms with Crippen LogP contribution in [0.15, 0.2) is 64.5 Å². The van der Waals surface area contributed by atoms with Crippen molar-refractivity contribution in [3.8, 4) is 0 Å². The Hall–Kier alpha value is -1.65. The van der Waals surface area contributed by atoms with E-state index in [4.69, 9.17) is 0 Å². The Morgan fingerprint density at radius 3 is 2.40 bits per heavy atom. The topological polar surface area (TPSA) is 16.1 Å². The van der Waals surface area contributed by atoms with Crippen LogP contribution < -0.4 is 4.90 Å². The molecule has 0 saturated heterocycles. The van der Waals surface area contributed by atoms with Crippen molar-refractivity contribution < 1.29 is 0 Å². The quantitative estimate of drug-likeness (QED) is 0.468. The van der Waals surface area contributed by atoms with Crippen LogP contribution in [-0.4, -0.2) is 24.3 Å². The largest absolute Gasteiger partial charge is 0.372 e. The molecule has 0 unspecified atom stereocenters. The lowest BCUT2D eigenvalue weighted by atomic mass is 10.2. The molecule has 0 amide bonds. The van der Waals surface area contributed by atoms with Gasteiger partial charge in [0.25, 0.3) is 0 Å². The van der Waals surface area contributed by atoms with Crippen LogP contribution >= 0.6 is 23.5 Å². The third-order valence-electron chi connectivity index (χ3n) is 4.37. The van der Waals surface area contributed by atoms with E-state index in [2.05, 4.69) is 78.5 Å². The molecule has 1 aromatic heterocycles. The summed E-state index contributed by atoms with van der Waals surface area (Å²) in [6.07, 6.45) is 4.01. The maximum atomic E-state index is 4.52. The number of pyridine rings is 1. The predicted octanol–water partition coefficient (Wildman–Crippen LogP) is 6.10. The van der Waals surface area contributed by atoms with E-state index in [1.54, 1.807) is 11.8 Å². The van der Waals surface area contributed by atoms with Gasteiger partial charge in [-0.05, 0) is 56.0 Å². The highest BCUT2D eigenvalue weighted by atomic mass is 32.2. The molecule has 2 aromatic carbocycles. The van der Waals surface area contributed by atoms with Gasteiger partial charge in [-0.3, -0.25) is 4.98 Å². The summed E-state index contributed by atoms with van der Waals surface area (Å²) in [7, 11) is 0. The lowest BCUT2D eigenvalue weighted by molar-refractivity contribution is 0.866. The van der Waals surface area contributed by atoms with E-state index in [1.807, 2.05) is 18.0 Å². The van der Waals surface area contributed by atoms with Crippen molar-refractivity contribution in [1.29, 1.82) is 0 Å². The first-order valence-corrected chi connectivity index (χ1v) is 10.9. The second-order valence-corrected chi connectivity index (χ2v) is 7.72. The van der Waals surface area contributed by atoms with Gasteiger partial charge in [-0.1, -0.05) is 18.2 Å². The third-order valence-corrected chi connectivity index (χ3v) is 6.24. The fourth-order valence-corrected chi connectivity index (χ4v) is 4.34. The fraction of sp³-hybridized carbons (Fsp3) is 0.286. The Bertz CT molecular complexity index is 827. The van der Waals surface area contributed by atoms with Crippen molar-refractivity contribution in [3.05, 3.63) is 60.3 Å². The minimum absolute atomic E-state index is 0.974. The van der Waals surface area contributed by atoms with Crippen LogP contribution in [0.5, 0.6) is 0 Å². The van der Waals surface area contributed by atoms with Crippen molar-refractivity contribution in [3.63, 3.8) is 0 Å². The molecule has 3 rings (SSSR count). The number of thioether (sulfide) groups is 2. The predicted molar refractivity (Wildman–Crippen MR) is 113 cm³/mol.